The van der Waals surface area contributed by atoms with Crippen LogP contribution in [-0.2, 0) is 6.54 Å². The zero-order chi connectivity index (χ0) is 20.2. The minimum Gasteiger partial charge on any atom is -0.322 e. The molecule has 1 N–H and O–H groups in total. The highest BCUT2D eigenvalue weighted by Crippen LogP contribution is 2.24. The van der Waals surface area contributed by atoms with E-state index in [2.05, 4.69) is 20.2 Å². The van der Waals surface area contributed by atoms with Crippen LogP contribution in [0.25, 0.3) is 5.82 Å². The molecular weight excluding hydrogens is 386 g/mol. The van der Waals surface area contributed by atoms with Crippen molar-refractivity contribution < 1.29 is 4.79 Å². The number of halogens is 1. The van der Waals surface area contributed by atoms with E-state index in [1.54, 1.807) is 24.5 Å². The van der Waals surface area contributed by atoms with Crippen LogP contribution in [0.5, 0.6) is 0 Å². The number of nitrogens with one attached hydrogen (secondary N) is 1. The number of rotatable bonds is 5. The van der Waals surface area contributed by atoms with Crippen molar-refractivity contribution in [3.8, 4) is 5.82 Å². The van der Waals surface area contributed by atoms with Crippen LogP contribution in [0.1, 0.15) is 41.0 Å². The standard InChI is InChI=1S/C22H24ClN5O/c1-16-24-9-12-28(16)21-14-17(7-8-25-21)22(29)26-19-5-6-20(23)18(13-19)15-27-10-3-2-4-11-27/h5-9,12-14H,2-4,10-11,15H2,1H3,(H,26,29). The first-order valence-corrected chi connectivity index (χ1v) is 10.3. The smallest absolute Gasteiger partial charge is 0.255 e. The first-order valence-electron chi connectivity index (χ1n) is 9.89. The molecule has 0 atom stereocenters. The van der Waals surface area contributed by atoms with Crippen LogP contribution < -0.4 is 5.32 Å². The maximum Gasteiger partial charge on any atom is 0.255 e. The van der Waals surface area contributed by atoms with Gasteiger partial charge in [0, 0.05) is 41.4 Å². The summed E-state index contributed by atoms with van der Waals surface area (Å²) in [4.78, 5) is 23.8. The topological polar surface area (TPSA) is 63.1 Å². The van der Waals surface area contributed by atoms with Crippen molar-refractivity contribution in [2.24, 2.45) is 0 Å². The lowest BCUT2D eigenvalue weighted by Crippen LogP contribution is -2.29. The number of carbonyl (C=O) groups is 1. The van der Waals surface area contributed by atoms with Gasteiger partial charge in [-0.1, -0.05) is 18.0 Å². The second kappa shape index (κ2) is 8.76. The molecule has 7 heteroatoms. The molecule has 1 aromatic carbocycles. The number of amides is 1. The highest BCUT2D eigenvalue weighted by molar-refractivity contribution is 6.31. The Kier molecular flexibility index (Phi) is 5.92. The van der Waals surface area contributed by atoms with Gasteiger partial charge in [-0.15, -0.1) is 0 Å². The van der Waals surface area contributed by atoms with E-state index in [-0.39, 0.29) is 5.91 Å². The van der Waals surface area contributed by atoms with E-state index >= 15 is 0 Å². The van der Waals surface area contributed by atoms with Crippen molar-refractivity contribution in [1.82, 2.24) is 19.4 Å². The summed E-state index contributed by atoms with van der Waals surface area (Å²) in [6.07, 6.45) is 8.93. The summed E-state index contributed by atoms with van der Waals surface area (Å²) >= 11 is 6.41. The predicted molar refractivity (Wildman–Crippen MR) is 115 cm³/mol. The molecule has 1 saturated heterocycles. The molecule has 0 spiro atoms. The Bertz CT molecular complexity index is 1010. The van der Waals surface area contributed by atoms with Crippen LogP contribution in [0.2, 0.25) is 5.02 Å². The van der Waals surface area contributed by atoms with Crippen LogP contribution in [0.15, 0.2) is 48.9 Å². The highest BCUT2D eigenvalue weighted by atomic mass is 35.5. The Morgan fingerprint density at radius 2 is 1.93 bits per heavy atom. The van der Waals surface area contributed by atoms with Crippen molar-refractivity contribution in [1.29, 1.82) is 0 Å². The number of hydrogen-bond acceptors (Lipinski definition) is 4. The van der Waals surface area contributed by atoms with Crippen molar-refractivity contribution >= 4 is 23.2 Å². The third-order valence-corrected chi connectivity index (χ3v) is 5.60. The molecule has 29 heavy (non-hydrogen) atoms. The minimum absolute atomic E-state index is 0.183. The Morgan fingerprint density at radius 3 is 2.69 bits per heavy atom. The molecule has 4 rings (SSSR count). The van der Waals surface area contributed by atoms with Gasteiger partial charge in [-0.25, -0.2) is 9.97 Å². The van der Waals surface area contributed by atoms with Gasteiger partial charge in [0.25, 0.3) is 5.91 Å². The quantitative estimate of drug-likeness (QED) is 0.675. The van der Waals surface area contributed by atoms with Crippen molar-refractivity contribution in [2.75, 3.05) is 18.4 Å². The van der Waals surface area contributed by atoms with E-state index in [1.807, 2.05) is 35.9 Å². The molecule has 0 bridgehead atoms. The molecule has 0 radical (unpaired) electrons. The first kappa shape index (κ1) is 19.6. The molecule has 6 nitrogen and oxygen atoms in total. The molecule has 2 aromatic heterocycles. The van der Waals surface area contributed by atoms with Gasteiger partial charge in [-0.3, -0.25) is 14.3 Å². The van der Waals surface area contributed by atoms with Crippen LogP contribution in [0, 0.1) is 6.92 Å². The van der Waals surface area contributed by atoms with Gasteiger partial charge < -0.3 is 5.32 Å². The number of aromatic nitrogens is 3. The monoisotopic (exact) mass is 409 g/mol. The number of likely N-dealkylation sites (tertiary alicyclic amines) is 1. The van der Waals surface area contributed by atoms with E-state index < -0.39 is 0 Å². The summed E-state index contributed by atoms with van der Waals surface area (Å²) < 4.78 is 1.84. The third kappa shape index (κ3) is 4.66. The van der Waals surface area contributed by atoms with E-state index in [0.29, 0.717) is 11.4 Å². The molecular formula is C22H24ClN5O. The van der Waals surface area contributed by atoms with E-state index in [0.717, 1.165) is 41.7 Å². The normalized spacial score (nSPS) is 14.7. The molecule has 1 fully saturated rings. The number of carbonyl (C=O) groups excluding carboxylic acids is 1. The number of pyridine rings is 1. The number of nitrogens with zero attached hydrogens (tertiary/aromatic N) is 4. The SMILES string of the molecule is Cc1nccn1-c1cc(C(=O)Nc2ccc(Cl)c(CN3CCCCC3)c2)ccn1. The van der Waals surface area contributed by atoms with E-state index in [1.165, 1.54) is 19.3 Å². The summed E-state index contributed by atoms with van der Waals surface area (Å²) in [6, 6.07) is 9.12. The molecule has 1 amide bonds. The number of imidazole rings is 1. The molecule has 1 aliphatic rings. The first-order chi connectivity index (χ1) is 14.1. The van der Waals surface area contributed by atoms with Gasteiger partial charge in [0.15, 0.2) is 0 Å². The summed E-state index contributed by atoms with van der Waals surface area (Å²) in [5.74, 6) is 1.29. The van der Waals surface area contributed by atoms with E-state index in [4.69, 9.17) is 11.6 Å². The van der Waals surface area contributed by atoms with Crippen LogP contribution >= 0.6 is 11.6 Å². The molecule has 0 saturated carbocycles. The van der Waals surface area contributed by atoms with E-state index in [9.17, 15) is 4.79 Å². The molecule has 3 heterocycles. The number of hydrogen-bond donors (Lipinski definition) is 1. The molecule has 0 aliphatic carbocycles. The number of piperidine rings is 1. The fraction of sp³-hybridized carbons (Fsp3) is 0.318. The summed E-state index contributed by atoms with van der Waals surface area (Å²) in [6.45, 7) is 4.90. The Balaban J connectivity index is 1.50. The van der Waals surface area contributed by atoms with Gasteiger partial charge in [-0.2, -0.15) is 0 Å². The molecule has 3 aromatic rings. The Morgan fingerprint density at radius 1 is 1.10 bits per heavy atom. The van der Waals surface area contributed by atoms with Crippen molar-refractivity contribution in [3.63, 3.8) is 0 Å². The fourth-order valence-electron chi connectivity index (χ4n) is 3.65. The Hall–Kier alpha value is -2.70. The van der Waals surface area contributed by atoms with Gasteiger partial charge in [0.1, 0.15) is 11.6 Å². The van der Waals surface area contributed by atoms with Gasteiger partial charge >= 0.3 is 0 Å². The zero-order valence-corrected chi connectivity index (χ0v) is 17.2. The van der Waals surface area contributed by atoms with Crippen molar-refractivity contribution in [3.05, 3.63) is 70.9 Å². The zero-order valence-electron chi connectivity index (χ0n) is 16.4. The number of anilines is 1. The van der Waals surface area contributed by atoms with Crippen LogP contribution in [-0.4, -0.2) is 38.4 Å². The number of aryl methyl sites for hydroxylation is 1. The maximum absolute atomic E-state index is 12.8. The lowest BCUT2D eigenvalue weighted by molar-refractivity contribution is 0.102. The minimum atomic E-state index is -0.183. The molecule has 150 valence electrons. The second-order valence-electron chi connectivity index (χ2n) is 7.34. The van der Waals surface area contributed by atoms with Crippen LogP contribution in [0.4, 0.5) is 5.69 Å². The molecule has 1 aliphatic heterocycles. The number of benzene rings is 1. The highest BCUT2D eigenvalue weighted by Gasteiger charge is 2.14. The molecule has 0 unspecified atom stereocenters. The fourth-order valence-corrected chi connectivity index (χ4v) is 3.82. The lowest BCUT2D eigenvalue weighted by Gasteiger charge is -2.27. The summed E-state index contributed by atoms with van der Waals surface area (Å²) in [5.41, 5.74) is 2.31. The maximum atomic E-state index is 12.8. The summed E-state index contributed by atoms with van der Waals surface area (Å²) in [5, 5.41) is 3.71. The van der Waals surface area contributed by atoms with Gasteiger partial charge in [-0.05, 0) is 68.8 Å². The second-order valence-corrected chi connectivity index (χ2v) is 7.75. The van der Waals surface area contributed by atoms with Gasteiger partial charge in [0.2, 0.25) is 0 Å². The average molecular weight is 410 g/mol. The Labute approximate surface area is 175 Å². The summed E-state index contributed by atoms with van der Waals surface area (Å²) in [7, 11) is 0. The van der Waals surface area contributed by atoms with Crippen LogP contribution in [0.3, 0.4) is 0 Å². The average Bonchev–Trinajstić information content (AvgIpc) is 3.17. The lowest BCUT2D eigenvalue weighted by atomic mass is 10.1. The largest absolute Gasteiger partial charge is 0.322 e. The third-order valence-electron chi connectivity index (χ3n) is 5.23. The van der Waals surface area contributed by atoms with Crippen molar-refractivity contribution in [2.45, 2.75) is 32.7 Å². The van der Waals surface area contributed by atoms with Gasteiger partial charge in [0.05, 0.1) is 0 Å². The predicted octanol–water partition coefficient (Wildman–Crippen LogP) is 4.47.